The summed E-state index contributed by atoms with van der Waals surface area (Å²) in [6.07, 6.45) is 1.97. The Kier molecular flexibility index (Phi) is 7.38. The molecular formula is C22H32N4O4S. The van der Waals surface area contributed by atoms with Gasteiger partial charge in [-0.05, 0) is 50.3 Å². The van der Waals surface area contributed by atoms with Crippen LogP contribution in [0.1, 0.15) is 43.1 Å². The highest BCUT2D eigenvalue weighted by Crippen LogP contribution is 2.27. The van der Waals surface area contributed by atoms with Gasteiger partial charge in [-0.1, -0.05) is 19.1 Å². The standard InChI is InChI=1S/C22H32N4O4S/c1-16-9-12-25(13-10-16)31(28,29)22-17(2)24-26(18(22)3)14-11-21(27)23-15-19-5-7-20(30-4)8-6-19/h5-8,16H,9-15H2,1-4H3,(H,23,27). The lowest BCUT2D eigenvalue weighted by Crippen LogP contribution is -2.38. The molecule has 1 amide bonds. The van der Waals surface area contributed by atoms with E-state index in [1.54, 1.807) is 29.9 Å². The zero-order chi connectivity index (χ0) is 22.6. The van der Waals surface area contributed by atoms with Crippen LogP contribution in [0.15, 0.2) is 29.2 Å². The van der Waals surface area contributed by atoms with Gasteiger partial charge in [-0.2, -0.15) is 9.40 Å². The van der Waals surface area contributed by atoms with Crippen molar-refractivity contribution in [1.29, 1.82) is 0 Å². The summed E-state index contributed by atoms with van der Waals surface area (Å²) in [6, 6.07) is 7.50. The Morgan fingerprint density at radius 2 is 1.84 bits per heavy atom. The second-order valence-corrected chi connectivity index (χ2v) is 10.1. The molecule has 3 rings (SSSR count). The molecule has 2 aromatic rings. The van der Waals surface area contributed by atoms with Crippen molar-refractivity contribution in [2.75, 3.05) is 20.2 Å². The van der Waals surface area contributed by atoms with Crippen LogP contribution in [0.4, 0.5) is 0 Å². The Labute approximate surface area is 184 Å². The number of ether oxygens (including phenoxy) is 1. The van der Waals surface area contributed by atoms with Crippen LogP contribution < -0.4 is 10.1 Å². The second-order valence-electron chi connectivity index (χ2n) is 8.18. The second kappa shape index (κ2) is 9.82. The molecule has 8 nitrogen and oxygen atoms in total. The number of aryl methyl sites for hydroxylation is 2. The fraction of sp³-hybridized carbons (Fsp3) is 0.545. The number of carbonyl (C=O) groups excluding carboxylic acids is 1. The van der Waals surface area contributed by atoms with E-state index in [0.29, 0.717) is 43.5 Å². The van der Waals surface area contributed by atoms with E-state index < -0.39 is 10.0 Å². The molecule has 0 spiro atoms. The van der Waals surface area contributed by atoms with Gasteiger partial charge in [0, 0.05) is 26.1 Å². The third kappa shape index (κ3) is 5.46. The van der Waals surface area contributed by atoms with Gasteiger partial charge < -0.3 is 10.1 Å². The van der Waals surface area contributed by atoms with Crippen LogP contribution in [-0.2, 0) is 27.9 Å². The summed E-state index contributed by atoms with van der Waals surface area (Å²) >= 11 is 0. The molecule has 31 heavy (non-hydrogen) atoms. The number of sulfonamides is 1. The molecule has 9 heteroatoms. The number of piperidine rings is 1. The monoisotopic (exact) mass is 448 g/mol. The highest BCUT2D eigenvalue weighted by Gasteiger charge is 2.32. The minimum absolute atomic E-state index is 0.113. The third-order valence-electron chi connectivity index (χ3n) is 5.85. The van der Waals surface area contributed by atoms with Crippen molar-refractivity contribution in [3.8, 4) is 5.75 Å². The van der Waals surface area contributed by atoms with E-state index in [4.69, 9.17) is 4.74 Å². The number of aromatic nitrogens is 2. The van der Waals surface area contributed by atoms with Crippen LogP contribution in [0.3, 0.4) is 0 Å². The van der Waals surface area contributed by atoms with E-state index in [9.17, 15) is 13.2 Å². The molecular weight excluding hydrogens is 416 g/mol. The van der Waals surface area contributed by atoms with Crippen LogP contribution in [-0.4, -0.2) is 48.6 Å². The SMILES string of the molecule is COc1ccc(CNC(=O)CCn2nc(C)c(S(=O)(=O)N3CCC(C)CC3)c2C)cc1. The van der Waals surface area contributed by atoms with Crippen LogP contribution in [0.2, 0.25) is 0 Å². The molecule has 1 fully saturated rings. The van der Waals surface area contributed by atoms with Gasteiger partial charge in [0.1, 0.15) is 10.6 Å². The maximum Gasteiger partial charge on any atom is 0.246 e. The average Bonchev–Trinajstić information content (AvgIpc) is 3.05. The van der Waals surface area contributed by atoms with Crippen LogP contribution >= 0.6 is 0 Å². The molecule has 1 aromatic carbocycles. The quantitative estimate of drug-likeness (QED) is 0.670. The third-order valence-corrected chi connectivity index (χ3v) is 8.01. The lowest BCUT2D eigenvalue weighted by Gasteiger charge is -2.29. The van der Waals surface area contributed by atoms with Gasteiger partial charge in [0.05, 0.1) is 25.0 Å². The zero-order valence-corrected chi connectivity index (χ0v) is 19.5. The maximum absolute atomic E-state index is 13.2. The Morgan fingerprint density at radius 1 is 1.19 bits per heavy atom. The summed E-state index contributed by atoms with van der Waals surface area (Å²) in [5, 5.41) is 7.30. The molecule has 0 bridgehead atoms. The highest BCUT2D eigenvalue weighted by atomic mass is 32.2. The van der Waals surface area contributed by atoms with Gasteiger partial charge in [0.25, 0.3) is 0 Å². The zero-order valence-electron chi connectivity index (χ0n) is 18.7. The molecule has 1 saturated heterocycles. The molecule has 0 saturated carbocycles. The number of methoxy groups -OCH3 is 1. The summed E-state index contributed by atoms with van der Waals surface area (Å²) in [5.74, 6) is 1.20. The number of rotatable bonds is 8. The smallest absolute Gasteiger partial charge is 0.246 e. The molecule has 0 unspecified atom stereocenters. The first-order valence-corrected chi connectivity index (χ1v) is 12.1. The molecule has 1 N–H and O–H groups in total. The first-order chi connectivity index (χ1) is 14.7. The number of nitrogens with zero attached hydrogens (tertiary/aromatic N) is 3. The Bertz CT molecular complexity index is 1010. The predicted octanol–water partition coefficient (Wildman–Crippen LogP) is 2.64. The normalized spacial score (nSPS) is 15.7. The maximum atomic E-state index is 13.2. The van der Waals surface area contributed by atoms with Crippen molar-refractivity contribution in [2.45, 2.75) is 58.0 Å². The van der Waals surface area contributed by atoms with E-state index in [1.165, 1.54) is 0 Å². The molecule has 2 heterocycles. The first-order valence-electron chi connectivity index (χ1n) is 10.7. The van der Waals surface area contributed by atoms with Crippen molar-refractivity contribution in [1.82, 2.24) is 19.4 Å². The predicted molar refractivity (Wildman–Crippen MR) is 118 cm³/mol. The van der Waals surface area contributed by atoms with Crippen molar-refractivity contribution in [2.24, 2.45) is 5.92 Å². The first kappa shape index (κ1) is 23.3. The van der Waals surface area contributed by atoms with E-state index in [2.05, 4.69) is 17.3 Å². The van der Waals surface area contributed by atoms with E-state index in [-0.39, 0.29) is 17.2 Å². The number of carbonyl (C=O) groups is 1. The summed E-state index contributed by atoms with van der Waals surface area (Å²) in [5.41, 5.74) is 2.04. The summed E-state index contributed by atoms with van der Waals surface area (Å²) < 4.78 is 34.7. The van der Waals surface area contributed by atoms with Crippen LogP contribution in [0, 0.1) is 19.8 Å². The molecule has 1 aliphatic heterocycles. The molecule has 0 atom stereocenters. The van der Waals surface area contributed by atoms with Crippen molar-refractivity contribution < 1.29 is 17.9 Å². The number of benzene rings is 1. The van der Waals surface area contributed by atoms with Crippen LogP contribution in [0.5, 0.6) is 5.75 Å². The fourth-order valence-electron chi connectivity index (χ4n) is 3.87. The number of amides is 1. The molecule has 1 aliphatic rings. The number of hydrogen-bond donors (Lipinski definition) is 1. The highest BCUT2D eigenvalue weighted by molar-refractivity contribution is 7.89. The van der Waals surface area contributed by atoms with E-state index >= 15 is 0 Å². The van der Waals surface area contributed by atoms with E-state index in [0.717, 1.165) is 24.2 Å². The van der Waals surface area contributed by atoms with Crippen LogP contribution in [0.25, 0.3) is 0 Å². The topological polar surface area (TPSA) is 93.5 Å². The van der Waals surface area contributed by atoms with Gasteiger partial charge in [-0.15, -0.1) is 0 Å². The average molecular weight is 449 g/mol. The van der Waals surface area contributed by atoms with Gasteiger partial charge in [0.2, 0.25) is 15.9 Å². The molecule has 0 aliphatic carbocycles. The fourth-order valence-corrected chi connectivity index (χ4v) is 5.71. The Morgan fingerprint density at radius 3 is 2.45 bits per heavy atom. The summed E-state index contributed by atoms with van der Waals surface area (Å²) in [6.45, 7) is 7.46. The molecule has 170 valence electrons. The molecule has 1 aromatic heterocycles. The van der Waals surface area contributed by atoms with Gasteiger partial charge in [-0.25, -0.2) is 8.42 Å². The number of nitrogens with one attached hydrogen (secondary N) is 1. The number of hydrogen-bond acceptors (Lipinski definition) is 5. The van der Waals surface area contributed by atoms with Gasteiger partial charge in [0.15, 0.2) is 0 Å². The summed E-state index contributed by atoms with van der Waals surface area (Å²) in [7, 11) is -1.97. The van der Waals surface area contributed by atoms with Gasteiger partial charge >= 0.3 is 0 Å². The van der Waals surface area contributed by atoms with Gasteiger partial charge in [-0.3, -0.25) is 9.48 Å². The Balaban J connectivity index is 1.60. The lowest BCUT2D eigenvalue weighted by atomic mass is 10.0. The summed E-state index contributed by atoms with van der Waals surface area (Å²) in [4.78, 5) is 12.6. The Hall–Kier alpha value is -2.39. The molecule has 0 radical (unpaired) electrons. The minimum atomic E-state index is -3.58. The van der Waals surface area contributed by atoms with Crippen molar-refractivity contribution in [3.63, 3.8) is 0 Å². The van der Waals surface area contributed by atoms with E-state index in [1.807, 2.05) is 24.3 Å². The van der Waals surface area contributed by atoms with Crippen molar-refractivity contribution >= 4 is 15.9 Å². The largest absolute Gasteiger partial charge is 0.497 e. The van der Waals surface area contributed by atoms with Crippen molar-refractivity contribution in [3.05, 3.63) is 41.2 Å². The minimum Gasteiger partial charge on any atom is -0.497 e. The lowest BCUT2D eigenvalue weighted by molar-refractivity contribution is -0.121.